The molecule has 0 radical (unpaired) electrons. The van der Waals surface area contributed by atoms with Gasteiger partial charge in [-0.2, -0.15) is 0 Å². The molecule has 112 valence electrons. The zero-order valence-corrected chi connectivity index (χ0v) is 13.1. The molecule has 0 aromatic heterocycles. The molecule has 3 fully saturated rings. The highest BCUT2D eigenvalue weighted by Crippen LogP contribution is 2.62. The summed E-state index contributed by atoms with van der Waals surface area (Å²) in [5, 5.41) is 9.97. The van der Waals surface area contributed by atoms with Gasteiger partial charge in [-0.25, -0.2) is 0 Å². The van der Waals surface area contributed by atoms with Crippen molar-refractivity contribution >= 4 is 0 Å². The summed E-state index contributed by atoms with van der Waals surface area (Å²) in [6.07, 6.45) is 12.9. The van der Waals surface area contributed by atoms with Gasteiger partial charge >= 0.3 is 0 Å². The van der Waals surface area contributed by atoms with Crippen LogP contribution in [0.1, 0.15) is 65.2 Å². The number of hydrogen-bond donors (Lipinski definition) is 1. The molecule has 0 saturated heterocycles. The van der Waals surface area contributed by atoms with Crippen molar-refractivity contribution in [1.29, 1.82) is 0 Å². The first-order valence-electron chi connectivity index (χ1n) is 8.99. The first kappa shape index (κ1) is 13.4. The fourth-order valence-corrected chi connectivity index (χ4v) is 6.66. The summed E-state index contributed by atoms with van der Waals surface area (Å²) >= 11 is 0. The molecular weight excluding hydrogens is 244 g/mol. The first-order valence-corrected chi connectivity index (χ1v) is 8.99. The minimum Gasteiger partial charge on any atom is -0.389 e. The van der Waals surface area contributed by atoms with E-state index in [0.29, 0.717) is 5.41 Å². The maximum Gasteiger partial charge on any atom is 0.0724 e. The van der Waals surface area contributed by atoms with Crippen LogP contribution in [-0.4, -0.2) is 11.2 Å². The van der Waals surface area contributed by atoms with Gasteiger partial charge in [0.2, 0.25) is 0 Å². The van der Waals surface area contributed by atoms with Crippen molar-refractivity contribution < 1.29 is 5.11 Å². The number of allylic oxidation sites excluding steroid dienone is 1. The van der Waals surface area contributed by atoms with Gasteiger partial charge in [0.05, 0.1) is 6.10 Å². The quantitative estimate of drug-likeness (QED) is 0.642. The predicted molar refractivity (Wildman–Crippen MR) is 82.3 cm³/mol. The molecule has 0 spiro atoms. The van der Waals surface area contributed by atoms with Gasteiger partial charge in [-0.1, -0.05) is 31.9 Å². The number of aliphatic hydroxyl groups is 1. The highest BCUT2D eigenvalue weighted by atomic mass is 16.3. The summed E-state index contributed by atoms with van der Waals surface area (Å²) in [4.78, 5) is 0. The maximum absolute atomic E-state index is 9.97. The molecule has 0 amide bonds. The smallest absolute Gasteiger partial charge is 0.0724 e. The molecule has 7 atom stereocenters. The standard InChI is InChI=1S/C19H30O/c1-12-3-5-16-15(12)7-8-18-17(16)6-4-13-11-14(20)9-10-19(13,18)2/h11-12,14-18,20H,3-10H2,1-2H3/t12?,14-,15?,16?,17?,18?,19-/m0/s1. The molecule has 1 N–H and O–H groups in total. The van der Waals surface area contributed by atoms with E-state index in [0.717, 1.165) is 36.0 Å². The summed E-state index contributed by atoms with van der Waals surface area (Å²) in [5.74, 6) is 4.98. The summed E-state index contributed by atoms with van der Waals surface area (Å²) in [7, 11) is 0. The lowest BCUT2D eigenvalue weighted by Crippen LogP contribution is -2.47. The zero-order chi connectivity index (χ0) is 13.9. The van der Waals surface area contributed by atoms with Gasteiger partial charge in [0.25, 0.3) is 0 Å². The average Bonchev–Trinajstić information content (AvgIpc) is 2.82. The fourth-order valence-electron chi connectivity index (χ4n) is 6.66. The van der Waals surface area contributed by atoms with Crippen molar-refractivity contribution in [3.63, 3.8) is 0 Å². The normalized spacial score (nSPS) is 54.6. The molecule has 1 heteroatoms. The van der Waals surface area contributed by atoms with Crippen LogP contribution in [0.4, 0.5) is 0 Å². The van der Waals surface area contributed by atoms with Gasteiger partial charge in [-0.05, 0) is 80.0 Å². The van der Waals surface area contributed by atoms with Crippen LogP contribution >= 0.6 is 0 Å². The molecular formula is C19H30O. The second-order valence-corrected chi connectivity index (χ2v) is 8.48. The summed E-state index contributed by atoms with van der Waals surface area (Å²) < 4.78 is 0. The Kier molecular flexibility index (Phi) is 3.07. The zero-order valence-electron chi connectivity index (χ0n) is 13.1. The second-order valence-electron chi connectivity index (χ2n) is 8.48. The molecule has 20 heavy (non-hydrogen) atoms. The molecule has 0 aliphatic heterocycles. The van der Waals surface area contributed by atoms with Crippen molar-refractivity contribution in [3.05, 3.63) is 11.6 Å². The third-order valence-corrected chi connectivity index (χ3v) is 7.77. The summed E-state index contributed by atoms with van der Waals surface area (Å²) in [6, 6.07) is 0. The van der Waals surface area contributed by atoms with Crippen molar-refractivity contribution in [2.45, 2.75) is 71.3 Å². The molecule has 5 unspecified atom stereocenters. The van der Waals surface area contributed by atoms with Crippen molar-refractivity contribution in [1.82, 2.24) is 0 Å². The Morgan fingerprint density at radius 2 is 1.80 bits per heavy atom. The van der Waals surface area contributed by atoms with Crippen molar-refractivity contribution in [2.75, 3.05) is 0 Å². The molecule has 4 rings (SSSR count). The van der Waals surface area contributed by atoms with Gasteiger partial charge < -0.3 is 5.11 Å². The van der Waals surface area contributed by atoms with Gasteiger partial charge in [0, 0.05) is 0 Å². The van der Waals surface area contributed by atoms with Crippen LogP contribution in [0.2, 0.25) is 0 Å². The van der Waals surface area contributed by atoms with E-state index in [4.69, 9.17) is 0 Å². The summed E-state index contributed by atoms with van der Waals surface area (Å²) in [6.45, 7) is 5.03. The van der Waals surface area contributed by atoms with Crippen LogP contribution in [0.5, 0.6) is 0 Å². The second kappa shape index (κ2) is 4.60. The molecule has 4 aliphatic carbocycles. The molecule has 0 bridgehead atoms. The molecule has 0 aromatic carbocycles. The van der Waals surface area contributed by atoms with Crippen molar-refractivity contribution in [2.24, 2.45) is 35.0 Å². The first-order chi connectivity index (χ1) is 9.59. The molecule has 0 aromatic rings. The Labute approximate surface area is 123 Å². The van der Waals surface area contributed by atoms with Gasteiger partial charge in [0.15, 0.2) is 0 Å². The Bertz CT molecular complexity index is 425. The molecule has 3 saturated carbocycles. The number of rotatable bonds is 0. The maximum atomic E-state index is 9.97. The van der Waals surface area contributed by atoms with Crippen LogP contribution in [-0.2, 0) is 0 Å². The van der Waals surface area contributed by atoms with Crippen LogP contribution in [0.15, 0.2) is 11.6 Å². The van der Waals surface area contributed by atoms with E-state index < -0.39 is 0 Å². The number of aliphatic hydroxyl groups excluding tert-OH is 1. The minimum absolute atomic E-state index is 0.155. The Balaban J connectivity index is 1.64. The Morgan fingerprint density at radius 3 is 2.65 bits per heavy atom. The lowest BCUT2D eigenvalue weighted by atomic mass is 9.49. The van der Waals surface area contributed by atoms with Crippen LogP contribution in [0, 0.1) is 35.0 Å². The Morgan fingerprint density at radius 1 is 1.00 bits per heavy atom. The van der Waals surface area contributed by atoms with Gasteiger partial charge in [-0.3, -0.25) is 0 Å². The number of hydrogen-bond acceptors (Lipinski definition) is 1. The largest absolute Gasteiger partial charge is 0.389 e. The lowest BCUT2D eigenvalue weighted by Gasteiger charge is -2.55. The average molecular weight is 274 g/mol. The van der Waals surface area contributed by atoms with Gasteiger partial charge in [-0.15, -0.1) is 0 Å². The summed E-state index contributed by atoms with van der Waals surface area (Å²) in [5.41, 5.74) is 2.04. The van der Waals surface area contributed by atoms with Gasteiger partial charge in [0.1, 0.15) is 0 Å². The van der Waals surface area contributed by atoms with Crippen LogP contribution in [0.25, 0.3) is 0 Å². The molecule has 1 nitrogen and oxygen atoms in total. The van der Waals surface area contributed by atoms with E-state index in [1.165, 1.54) is 44.9 Å². The highest BCUT2D eigenvalue weighted by molar-refractivity contribution is 5.24. The monoisotopic (exact) mass is 274 g/mol. The highest BCUT2D eigenvalue weighted by Gasteiger charge is 2.53. The topological polar surface area (TPSA) is 20.2 Å². The minimum atomic E-state index is -0.155. The predicted octanol–water partition coefficient (Wildman–Crippen LogP) is 4.56. The Hall–Kier alpha value is -0.300. The van der Waals surface area contributed by atoms with E-state index in [9.17, 15) is 5.11 Å². The van der Waals surface area contributed by atoms with E-state index in [-0.39, 0.29) is 6.10 Å². The van der Waals surface area contributed by atoms with Crippen LogP contribution < -0.4 is 0 Å². The third kappa shape index (κ3) is 1.78. The number of fused-ring (bicyclic) bond motifs is 5. The van der Waals surface area contributed by atoms with Crippen molar-refractivity contribution in [3.8, 4) is 0 Å². The lowest BCUT2D eigenvalue weighted by molar-refractivity contribution is -0.0131. The van der Waals surface area contributed by atoms with Crippen LogP contribution in [0.3, 0.4) is 0 Å². The van der Waals surface area contributed by atoms with E-state index in [1.54, 1.807) is 5.57 Å². The van der Waals surface area contributed by atoms with E-state index >= 15 is 0 Å². The SMILES string of the molecule is CC1CCC2C1CCC1C2CCC2=C[C@@H](O)CC[C@@]21C. The van der Waals surface area contributed by atoms with E-state index in [1.807, 2.05) is 0 Å². The third-order valence-electron chi connectivity index (χ3n) is 7.77. The fraction of sp³-hybridized carbons (Fsp3) is 0.895. The molecule has 0 heterocycles. The van der Waals surface area contributed by atoms with E-state index in [2.05, 4.69) is 19.9 Å². The molecule has 4 aliphatic rings.